The largest absolute Gasteiger partial charge is 0.497 e. The molecule has 0 amide bonds. The number of anilines is 1. The minimum Gasteiger partial charge on any atom is -0.497 e. The van der Waals surface area contributed by atoms with E-state index in [4.69, 9.17) is 34.3 Å². The fourth-order valence-electron chi connectivity index (χ4n) is 7.43. The highest BCUT2D eigenvalue weighted by Gasteiger charge is 2.46. The molecule has 2 aromatic heterocycles. The van der Waals surface area contributed by atoms with Crippen LogP contribution in [0.2, 0.25) is 0 Å². The van der Waals surface area contributed by atoms with Crippen LogP contribution < -0.4 is 20.5 Å². The first-order valence-corrected chi connectivity index (χ1v) is 21.1. The lowest BCUT2D eigenvalue weighted by atomic mass is 9.80. The SMILES string of the molecule is COc1ccc(C(OC[C@H]2O[C@@H](n3ncc4c(NCC(C)C)nnnc43)C[C@@H]2OP(C(=O)CCN)N(C(C)C)C(C)C)(c2ccccc2)c2ccc(OC)cc2)cc1. The number of nitrogens with one attached hydrogen (secondary N) is 1. The van der Waals surface area contributed by atoms with Crippen LogP contribution in [0.5, 0.6) is 11.5 Å². The summed E-state index contributed by atoms with van der Waals surface area (Å²) >= 11 is 0. The van der Waals surface area contributed by atoms with Gasteiger partial charge in [-0.25, -0.2) is 9.35 Å². The van der Waals surface area contributed by atoms with Crippen molar-refractivity contribution in [1.82, 2.24) is 29.9 Å². The Labute approximate surface area is 342 Å². The summed E-state index contributed by atoms with van der Waals surface area (Å²) in [5.74, 6) is 2.43. The summed E-state index contributed by atoms with van der Waals surface area (Å²) < 4.78 is 36.3. The third-order valence-corrected chi connectivity index (χ3v) is 12.6. The molecule has 3 N–H and O–H groups in total. The molecule has 1 unspecified atom stereocenters. The van der Waals surface area contributed by atoms with Gasteiger partial charge in [-0.2, -0.15) is 5.10 Å². The Balaban J connectivity index is 1.44. The fourth-order valence-corrected chi connectivity index (χ4v) is 9.55. The molecular formula is C43H57N8O6P. The average molecular weight is 813 g/mol. The fraction of sp³-hybridized carbons (Fsp3) is 0.465. The molecule has 0 radical (unpaired) electrons. The zero-order valence-electron chi connectivity index (χ0n) is 34.7. The normalized spacial score (nSPS) is 17.8. The number of benzene rings is 3. The molecule has 14 nitrogen and oxygen atoms in total. The lowest BCUT2D eigenvalue weighted by Crippen LogP contribution is -2.40. The molecule has 1 aliphatic heterocycles. The smallest absolute Gasteiger partial charge is 0.198 e. The molecule has 4 atom stereocenters. The monoisotopic (exact) mass is 812 g/mol. The van der Waals surface area contributed by atoms with Crippen LogP contribution in [0, 0.1) is 5.92 Å². The van der Waals surface area contributed by atoms with Gasteiger partial charge < -0.3 is 34.5 Å². The molecule has 15 heteroatoms. The minimum absolute atomic E-state index is 0.0273. The Hall–Kier alpha value is -4.56. The Morgan fingerprint density at radius 3 is 2.07 bits per heavy atom. The molecule has 310 valence electrons. The summed E-state index contributed by atoms with van der Waals surface area (Å²) in [7, 11) is 1.55. The number of rotatable bonds is 20. The molecule has 3 aromatic carbocycles. The van der Waals surface area contributed by atoms with Gasteiger partial charge in [0, 0.05) is 31.5 Å². The highest BCUT2D eigenvalue weighted by Crippen LogP contribution is 2.51. The lowest BCUT2D eigenvalue weighted by molar-refractivity contribution is -0.113. The standard InChI is InChI=1S/C43H57N8O6P/c1-28(2)25-45-41-36-26-46-50(42(36)48-49-47-41)39-24-37(57-58(40(52)22-23-44)51(29(3)4)30(5)6)38(56-39)27-55-43(31-12-10-9-11-13-31,32-14-18-34(53-7)19-15-32)33-16-20-35(54-8)21-17-33/h9-21,26,28-30,37-39H,22-25,27,44H2,1-8H3,(H,45,47,48)/t37-,38+,39+,58?/m0/s1. The molecule has 0 aliphatic carbocycles. The number of carbonyl (C=O) groups is 1. The number of hydrogen-bond acceptors (Lipinski definition) is 13. The van der Waals surface area contributed by atoms with Crippen LogP contribution in [-0.4, -0.2) is 93.6 Å². The molecule has 6 rings (SSSR count). The molecule has 58 heavy (non-hydrogen) atoms. The maximum absolute atomic E-state index is 13.9. The summed E-state index contributed by atoms with van der Waals surface area (Å²) in [5.41, 5.74) is 8.01. The van der Waals surface area contributed by atoms with E-state index in [1.54, 1.807) is 25.1 Å². The van der Waals surface area contributed by atoms with Gasteiger partial charge in [0.15, 0.2) is 31.5 Å². The predicted molar refractivity (Wildman–Crippen MR) is 226 cm³/mol. The summed E-state index contributed by atoms with van der Waals surface area (Å²) in [6, 6.07) is 26.0. The third kappa shape index (κ3) is 9.33. The first-order valence-electron chi connectivity index (χ1n) is 19.9. The van der Waals surface area contributed by atoms with Crippen molar-refractivity contribution in [3.05, 3.63) is 102 Å². The quantitative estimate of drug-likeness (QED) is 0.0596. The van der Waals surface area contributed by atoms with Crippen molar-refractivity contribution in [1.29, 1.82) is 0 Å². The molecular weight excluding hydrogens is 755 g/mol. The first-order chi connectivity index (χ1) is 28.0. The van der Waals surface area contributed by atoms with Crippen molar-refractivity contribution in [2.45, 2.75) is 90.5 Å². The Morgan fingerprint density at radius 1 is 0.914 bits per heavy atom. The number of hydrogen-bond donors (Lipinski definition) is 2. The topological polar surface area (TPSA) is 161 Å². The van der Waals surface area contributed by atoms with E-state index >= 15 is 0 Å². The number of fused-ring (bicyclic) bond motifs is 1. The summed E-state index contributed by atoms with van der Waals surface area (Å²) in [5, 5.41) is 21.6. The second kappa shape index (κ2) is 19.5. The van der Waals surface area contributed by atoms with E-state index in [9.17, 15) is 4.79 Å². The zero-order valence-corrected chi connectivity index (χ0v) is 35.6. The highest BCUT2D eigenvalue weighted by molar-refractivity contribution is 7.68. The van der Waals surface area contributed by atoms with Gasteiger partial charge in [0.1, 0.15) is 23.2 Å². The number of aromatic nitrogens is 5. The highest BCUT2D eigenvalue weighted by atomic mass is 31.2. The van der Waals surface area contributed by atoms with Crippen molar-refractivity contribution in [2.24, 2.45) is 11.7 Å². The van der Waals surface area contributed by atoms with E-state index in [-0.39, 0.29) is 37.2 Å². The van der Waals surface area contributed by atoms with Crippen LogP contribution in [0.25, 0.3) is 11.0 Å². The van der Waals surface area contributed by atoms with E-state index in [0.29, 0.717) is 30.3 Å². The van der Waals surface area contributed by atoms with Crippen molar-refractivity contribution in [3.63, 3.8) is 0 Å². The first kappa shape index (κ1) is 43.0. The van der Waals surface area contributed by atoms with Crippen molar-refractivity contribution >= 4 is 30.7 Å². The lowest BCUT2D eigenvalue weighted by Gasteiger charge is -2.39. The number of methoxy groups -OCH3 is 2. The van der Waals surface area contributed by atoms with Gasteiger partial charge in [0.25, 0.3) is 0 Å². The van der Waals surface area contributed by atoms with Crippen molar-refractivity contribution in [3.8, 4) is 11.5 Å². The van der Waals surface area contributed by atoms with Gasteiger partial charge in [-0.05, 0) is 86.3 Å². The Bertz CT molecular complexity index is 2010. The van der Waals surface area contributed by atoms with E-state index in [1.165, 1.54) is 0 Å². The van der Waals surface area contributed by atoms with E-state index in [2.05, 4.69) is 79.1 Å². The molecule has 5 aromatic rings. The average Bonchev–Trinajstić information content (AvgIpc) is 3.85. The maximum Gasteiger partial charge on any atom is 0.198 e. The van der Waals surface area contributed by atoms with Gasteiger partial charge in [-0.15, -0.1) is 10.2 Å². The molecule has 0 bridgehead atoms. The second-order valence-corrected chi connectivity index (χ2v) is 17.1. The maximum atomic E-state index is 13.9. The van der Waals surface area contributed by atoms with E-state index in [0.717, 1.165) is 33.6 Å². The van der Waals surface area contributed by atoms with E-state index in [1.807, 2.05) is 66.7 Å². The van der Waals surface area contributed by atoms with Gasteiger partial charge in [0.2, 0.25) is 0 Å². The number of nitrogens with two attached hydrogens (primary N) is 1. The number of carbonyl (C=O) groups excluding carboxylic acids is 1. The van der Waals surface area contributed by atoms with Gasteiger partial charge in [0.05, 0.1) is 38.5 Å². The van der Waals surface area contributed by atoms with E-state index < -0.39 is 32.3 Å². The van der Waals surface area contributed by atoms with Crippen molar-refractivity contribution in [2.75, 3.05) is 39.2 Å². The van der Waals surface area contributed by atoms with Crippen LogP contribution in [0.3, 0.4) is 0 Å². The molecule has 1 saturated heterocycles. The zero-order chi connectivity index (χ0) is 41.4. The van der Waals surface area contributed by atoms with Crippen LogP contribution >= 0.6 is 8.30 Å². The van der Waals surface area contributed by atoms with Gasteiger partial charge >= 0.3 is 0 Å². The predicted octanol–water partition coefficient (Wildman–Crippen LogP) is 7.29. The summed E-state index contributed by atoms with van der Waals surface area (Å²) in [4.78, 5) is 13.9. The van der Waals surface area contributed by atoms with Gasteiger partial charge in [-0.1, -0.05) is 68.4 Å². The summed E-state index contributed by atoms with van der Waals surface area (Å²) in [6.45, 7) is 13.6. The Morgan fingerprint density at radius 2 is 1.52 bits per heavy atom. The summed E-state index contributed by atoms with van der Waals surface area (Å²) in [6.07, 6.45) is 0.454. The molecule has 1 fully saturated rings. The van der Waals surface area contributed by atoms with Crippen LogP contribution in [0.15, 0.2) is 85.1 Å². The number of ether oxygens (including phenoxy) is 4. The third-order valence-electron chi connectivity index (χ3n) is 10.2. The number of nitrogens with zero attached hydrogens (tertiary/aromatic N) is 6. The van der Waals surface area contributed by atoms with Gasteiger partial charge in [-0.3, -0.25) is 4.79 Å². The molecule has 1 aliphatic rings. The molecule has 0 spiro atoms. The molecule has 0 saturated carbocycles. The van der Waals surface area contributed by atoms with Crippen molar-refractivity contribution < 1.29 is 28.3 Å². The van der Waals surface area contributed by atoms with Crippen LogP contribution in [0.4, 0.5) is 5.82 Å². The second-order valence-electron chi connectivity index (χ2n) is 15.3. The Kier molecular flexibility index (Phi) is 14.4. The van der Waals surface area contributed by atoms with Crippen LogP contribution in [0.1, 0.15) is 77.3 Å². The van der Waals surface area contributed by atoms with Crippen LogP contribution in [-0.2, 0) is 24.4 Å². The minimum atomic E-state index is -1.74. The molecule has 3 heterocycles.